The molecule has 0 spiro atoms. The van der Waals surface area contributed by atoms with Crippen LogP contribution in [0.1, 0.15) is 48.9 Å². The second-order valence-corrected chi connectivity index (χ2v) is 14.0. The van der Waals surface area contributed by atoms with E-state index in [0.29, 0.717) is 0 Å². The summed E-state index contributed by atoms with van der Waals surface area (Å²) in [4.78, 5) is 2.43. The summed E-state index contributed by atoms with van der Waals surface area (Å²) >= 11 is 0. The van der Waals surface area contributed by atoms with Crippen molar-refractivity contribution in [2.45, 2.75) is 44.9 Å². The molecule has 48 heavy (non-hydrogen) atoms. The van der Waals surface area contributed by atoms with Crippen molar-refractivity contribution in [3.8, 4) is 33.4 Å². The lowest BCUT2D eigenvalue weighted by atomic mass is 9.80. The van der Waals surface area contributed by atoms with Gasteiger partial charge in [0.15, 0.2) is 0 Å². The van der Waals surface area contributed by atoms with Crippen LogP contribution >= 0.6 is 0 Å². The molecule has 0 aliphatic heterocycles. The van der Waals surface area contributed by atoms with E-state index < -0.39 is 0 Å². The average Bonchev–Trinajstić information content (AvgIpc) is 3.38. The molecular weight excluding hydrogens is 579 g/mol. The van der Waals surface area contributed by atoms with Gasteiger partial charge in [0.05, 0.1) is 0 Å². The largest absolute Gasteiger partial charge is 0.310 e. The van der Waals surface area contributed by atoms with E-state index >= 15 is 0 Å². The van der Waals surface area contributed by atoms with Crippen LogP contribution in [0.25, 0.3) is 44.2 Å². The van der Waals surface area contributed by atoms with Gasteiger partial charge in [0.1, 0.15) is 0 Å². The van der Waals surface area contributed by atoms with Gasteiger partial charge < -0.3 is 4.90 Å². The zero-order chi connectivity index (χ0) is 32.2. The molecule has 0 heterocycles. The summed E-state index contributed by atoms with van der Waals surface area (Å²) in [7, 11) is 0. The maximum Gasteiger partial charge on any atom is 0.0465 e. The number of benzene rings is 7. The first-order valence-electron chi connectivity index (χ1n) is 17.4. The fraction of sp³-hybridized carbons (Fsp3) is 0.149. The zero-order valence-electron chi connectivity index (χ0n) is 27.7. The minimum atomic E-state index is -0.124. The van der Waals surface area contributed by atoms with E-state index in [1.807, 2.05) is 0 Å². The number of fused-ring (bicyclic) bond motifs is 6. The molecule has 1 nitrogen and oxygen atoms in total. The third kappa shape index (κ3) is 4.68. The Labute approximate surface area is 284 Å². The fourth-order valence-electron chi connectivity index (χ4n) is 8.45. The van der Waals surface area contributed by atoms with Gasteiger partial charge in [-0.05, 0) is 128 Å². The van der Waals surface area contributed by atoms with Gasteiger partial charge in [0.25, 0.3) is 0 Å². The van der Waals surface area contributed by atoms with E-state index in [9.17, 15) is 0 Å². The molecule has 7 aromatic carbocycles. The minimum Gasteiger partial charge on any atom is -0.310 e. The molecule has 0 saturated carbocycles. The van der Waals surface area contributed by atoms with Gasteiger partial charge in [-0.2, -0.15) is 0 Å². The van der Waals surface area contributed by atoms with Crippen molar-refractivity contribution in [3.63, 3.8) is 0 Å². The normalized spacial score (nSPS) is 14.3. The number of anilines is 3. The molecule has 0 fully saturated rings. The molecule has 0 amide bonds. The molecule has 1 heteroatoms. The van der Waals surface area contributed by atoms with E-state index in [2.05, 4.69) is 170 Å². The standard InChI is InChI=1S/C47H39N/c1-47(2)45-31-39(28-30-43(45)44-29-23-35-14-7-9-17-42(35)46(44)47)48(37-24-19-33(20-25-37)32-11-4-3-5-12-32)38-26-21-36(22-27-38)41-18-10-15-34-13-6-8-16-40(34)41/h3-5,7,9-12,14-15,17-31H,6,8,13,16H2,1-2H3. The Morgan fingerprint density at radius 1 is 0.479 bits per heavy atom. The molecule has 0 N–H and O–H groups in total. The molecule has 0 atom stereocenters. The SMILES string of the molecule is CC1(C)c2cc(N(c3ccc(-c4ccccc4)cc3)c3ccc(-c4cccc5c4CCCC5)cc3)ccc2-c2ccc3ccccc3c21. The molecule has 0 radical (unpaired) electrons. The lowest BCUT2D eigenvalue weighted by molar-refractivity contribution is 0.666. The third-order valence-electron chi connectivity index (χ3n) is 10.8. The lowest BCUT2D eigenvalue weighted by Crippen LogP contribution is -2.17. The Kier molecular flexibility index (Phi) is 6.83. The van der Waals surface area contributed by atoms with Crippen molar-refractivity contribution >= 4 is 27.8 Å². The van der Waals surface area contributed by atoms with Crippen molar-refractivity contribution in [1.29, 1.82) is 0 Å². The van der Waals surface area contributed by atoms with Crippen LogP contribution in [0.5, 0.6) is 0 Å². The summed E-state index contributed by atoms with van der Waals surface area (Å²) in [6.07, 6.45) is 4.95. The predicted molar refractivity (Wildman–Crippen MR) is 204 cm³/mol. The quantitative estimate of drug-likeness (QED) is 0.186. The molecule has 9 rings (SSSR count). The van der Waals surface area contributed by atoms with Crippen molar-refractivity contribution in [1.82, 2.24) is 0 Å². The van der Waals surface area contributed by atoms with Crippen LogP contribution in [-0.2, 0) is 18.3 Å². The molecule has 2 aliphatic carbocycles. The van der Waals surface area contributed by atoms with Gasteiger partial charge in [0.2, 0.25) is 0 Å². The molecule has 0 bridgehead atoms. The first-order chi connectivity index (χ1) is 23.6. The van der Waals surface area contributed by atoms with Gasteiger partial charge >= 0.3 is 0 Å². The van der Waals surface area contributed by atoms with Crippen molar-refractivity contribution in [2.75, 3.05) is 4.90 Å². The first kappa shape index (κ1) is 28.8. The third-order valence-corrected chi connectivity index (χ3v) is 10.8. The van der Waals surface area contributed by atoms with E-state index in [4.69, 9.17) is 0 Å². The van der Waals surface area contributed by atoms with Crippen LogP contribution in [0.15, 0.2) is 152 Å². The Balaban J connectivity index is 1.16. The van der Waals surface area contributed by atoms with Gasteiger partial charge in [-0.3, -0.25) is 0 Å². The Bertz CT molecular complexity index is 2290. The smallest absolute Gasteiger partial charge is 0.0465 e. The topological polar surface area (TPSA) is 3.24 Å². The van der Waals surface area contributed by atoms with Crippen LogP contribution in [-0.4, -0.2) is 0 Å². The number of hydrogen-bond donors (Lipinski definition) is 0. The summed E-state index contributed by atoms with van der Waals surface area (Å²) in [5.74, 6) is 0. The summed E-state index contributed by atoms with van der Waals surface area (Å²) in [5.41, 5.74) is 17.1. The van der Waals surface area contributed by atoms with E-state index in [-0.39, 0.29) is 5.41 Å². The molecule has 0 aromatic heterocycles. The molecule has 2 aliphatic rings. The van der Waals surface area contributed by atoms with Gasteiger partial charge in [-0.1, -0.05) is 129 Å². The van der Waals surface area contributed by atoms with E-state index in [1.54, 1.807) is 0 Å². The van der Waals surface area contributed by atoms with Crippen molar-refractivity contribution in [3.05, 3.63) is 174 Å². The maximum atomic E-state index is 2.44. The van der Waals surface area contributed by atoms with Crippen LogP contribution in [0.3, 0.4) is 0 Å². The highest BCUT2D eigenvalue weighted by atomic mass is 15.1. The summed E-state index contributed by atoms with van der Waals surface area (Å²) in [6.45, 7) is 4.78. The predicted octanol–water partition coefficient (Wildman–Crippen LogP) is 12.8. The molecule has 7 aromatic rings. The Morgan fingerprint density at radius 3 is 1.92 bits per heavy atom. The first-order valence-corrected chi connectivity index (χ1v) is 17.4. The molecular formula is C47H39N. The molecule has 232 valence electrons. The Hall–Kier alpha value is -5.40. The summed E-state index contributed by atoms with van der Waals surface area (Å²) in [5, 5.41) is 2.65. The average molecular weight is 618 g/mol. The number of aryl methyl sites for hydroxylation is 1. The number of nitrogens with zero attached hydrogens (tertiary/aromatic N) is 1. The highest BCUT2D eigenvalue weighted by Gasteiger charge is 2.37. The van der Waals surface area contributed by atoms with Crippen molar-refractivity contribution < 1.29 is 0 Å². The highest BCUT2D eigenvalue weighted by Crippen LogP contribution is 2.53. The van der Waals surface area contributed by atoms with Gasteiger partial charge in [-0.25, -0.2) is 0 Å². The van der Waals surface area contributed by atoms with Crippen LogP contribution in [0.2, 0.25) is 0 Å². The molecule has 0 saturated heterocycles. The maximum absolute atomic E-state index is 2.44. The number of rotatable bonds is 5. The zero-order valence-corrected chi connectivity index (χ0v) is 27.7. The fourth-order valence-corrected chi connectivity index (χ4v) is 8.45. The van der Waals surface area contributed by atoms with Crippen LogP contribution < -0.4 is 4.90 Å². The van der Waals surface area contributed by atoms with Gasteiger partial charge in [0, 0.05) is 22.5 Å². The lowest BCUT2D eigenvalue weighted by Gasteiger charge is -2.29. The summed E-state index contributed by atoms with van der Waals surface area (Å²) < 4.78 is 0. The minimum absolute atomic E-state index is 0.124. The molecule has 0 unspecified atom stereocenters. The number of hydrogen-bond acceptors (Lipinski definition) is 1. The highest BCUT2D eigenvalue weighted by molar-refractivity contribution is 5.98. The van der Waals surface area contributed by atoms with E-state index in [1.165, 1.54) is 97.8 Å². The van der Waals surface area contributed by atoms with Crippen LogP contribution in [0.4, 0.5) is 17.1 Å². The summed E-state index contributed by atoms with van der Waals surface area (Å²) in [6, 6.07) is 56.3. The van der Waals surface area contributed by atoms with Gasteiger partial charge in [-0.15, -0.1) is 0 Å². The van der Waals surface area contributed by atoms with Crippen molar-refractivity contribution in [2.24, 2.45) is 0 Å². The monoisotopic (exact) mass is 617 g/mol. The van der Waals surface area contributed by atoms with E-state index in [0.717, 1.165) is 11.4 Å². The Morgan fingerprint density at radius 2 is 1.12 bits per heavy atom. The second kappa shape index (κ2) is 11.4. The second-order valence-electron chi connectivity index (χ2n) is 14.0. The van der Waals surface area contributed by atoms with Crippen LogP contribution in [0, 0.1) is 0 Å².